The summed E-state index contributed by atoms with van der Waals surface area (Å²) < 4.78 is 2.21. The van der Waals surface area contributed by atoms with Crippen molar-refractivity contribution in [3.8, 4) is 11.4 Å². The minimum absolute atomic E-state index is 0.794. The first-order valence-corrected chi connectivity index (χ1v) is 5.54. The zero-order valence-electron chi connectivity index (χ0n) is 9.27. The maximum absolute atomic E-state index is 5.75. The van der Waals surface area contributed by atoms with Crippen molar-refractivity contribution in [2.24, 2.45) is 0 Å². The predicted molar refractivity (Wildman–Crippen MR) is 62.9 cm³/mol. The van der Waals surface area contributed by atoms with Crippen LogP contribution >= 0.6 is 0 Å². The van der Waals surface area contributed by atoms with E-state index >= 15 is 0 Å². The summed E-state index contributed by atoms with van der Waals surface area (Å²) in [5.41, 5.74) is 8.83. The summed E-state index contributed by atoms with van der Waals surface area (Å²) in [6.45, 7) is 3.09. The Morgan fingerprint density at radius 3 is 3.00 bits per heavy atom. The highest BCUT2D eigenvalue weighted by molar-refractivity contribution is 5.64. The molecule has 2 N–H and O–H groups in total. The van der Waals surface area contributed by atoms with Crippen LogP contribution < -0.4 is 5.73 Å². The monoisotopic (exact) mass is 214 g/mol. The number of rotatable bonds is 1. The van der Waals surface area contributed by atoms with Crippen LogP contribution in [0.15, 0.2) is 18.2 Å². The van der Waals surface area contributed by atoms with Crippen LogP contribution in [0.3, 0.4) is 0 Å². The molecule has 0 amide bonds. The van der Waals surface area contributed by atoms with Crippen LogP contribution in [-0.2, 0) is 13.0 Å². The maximum Gasteiger partial charge on any atom is 0.164 e. The van der Waals surface area contributed by atoms with Crippen molar-refractivity contribution >= 4 is 5.69 Å². The molecular weight excluding hydrogens is 200 g/mol. The second-order valence-electron chi connectivity index (χ2n) is 4.27. The fourth-order valence-corrected chi connectivity index (χ4v) is 2.29. The van der Waals surface area contributed by atoms with Gasteiger partial charge in [-0.15, -0.1) is 10.2 Å². The molecule has 0 fully saturated rings. The molecule has 0 atom stereocenters. The molecule has 1 aliphatic rings. The molecule has 1 aromatic carbocycles. The lowest BCUT2D eigenvalue weighted by molar-refractivity contribution is 0.748. The Bertz CT molecular complexity index is 542. The van der Waals surface area contributed by atoms with E-state index in [-0.39, 0.29) is 0 Å². The first-order chi connectivity index (χ1) is 7.75. The topological polar surface area (TPSA) is 56.7 Å². The van der Waals surface area contributed by atoms with Gasteiger partial charge in [0, 0.05) is 24.2 Å². The smallest absolute Gasteiger partial charge is 0.164 e. The maximum atomic E-state index is 5.75. The number of nitrogens with zero attached hydrogens (tertiary/aromatic N) is 3. The molecule has 16 heavy (non-hydrogen) atoms. The summed E-state index contributed by atoms with van der Waals surface area (Å²) in [5, 5.41) is 8.49. The van der Waals surface area contributed by atoms with Gasteiger partial charge in [-0.2, -0.15) is 0 Å². The standard InChI is InChI=1S/C12H14N4/c1-8-7-9(13)4-5-10(8)12-15-14-11-3-2-6-16(11)12/h4-5,7H,2-3,6,13H2,1H3. The molecule has 0 spiro atoms. The second-order valence-corrected chi connectivity index (χ2v) is 4.27. The zero-order valence-corrected chi connectivity index (χ0v) is 9.27. The van der Waals surface area contributed by atoms with Gasteiger partial charge >= 0.3 is 0 Å². The number of benzene rings is 1. The summed E-state index contributed by atoms with van der Waals surface area (Å²) in [6.07, 6.45) is 2.22. The third-order valence-corrected chi connectivity index (χ3v) is 3.10. The number of hydrogen-bond donors (Lipinski definition) is 1. The Morgan fingerprint density at radius 1 is 1.31 bits per heavy atom. The van der Waals surface area contributed by atoms with Crippen LogP contribution in [0.4, 0.5) is 5.69 Å². The summed E-state index contributed by atoms with van der Waals surface area (Å²) in [6, 6.07) is 5.92. The third kappa shape index (κ3) is 1.30. The molecule has 2 aromatic rings. The van der Waals surface area contributed by atoms with Crippen molar-refractivity contribution in [3.05, 3.63) is 29.6 Å². The van der Waals surface area contributed by atoms with E-state index < -0.39 is 0 Å². The lowest BCUT2D eigenvalue weighted by Crippen LogP contribution is -1.98. The summed E-state index contributed by atoms with van der Waals surface area (Å²) >= 11 is 0. The Labute approximate surface area is 94.1 Å². The minimum atomic E-state index is 0.794. The molecule has 0 radical (unpaired) electrons. The number of fused-ring (bicyclic) bond motifs is 1. The molecule has 82 valence electrons. The van der Waals surface area contributed by atoms with E-state index in [4.69, 9.17) is 5.73 Å². The highest BCUT2D eigenvalue weighted by Gasteiger charge is 2.19. The number of nitrogens with two attached hydrogens (primary N) is 1. The molecule has 4 heteroatoms. The number of aryl methyl sites for hydroxylation is 2. The van der Waals surface area contributed by atoms with Gasteiger partial charge in [-0.3, -0.25) is 0 Å². The van der Waals surface area contributed by atoms with Crippen molar-refractivity contribution in [2.45, 2.75) is 26.3 Å². The molecule has 3 rings (SSSR count). The van der Waals surface area contributed by atoms with Gasteiger partial charge < -0.3 is 10.3 Å². The Balaban J connectivity index is 2.15. The fourth-order valence-electron chi connectivity index (χ4n) is 2.29. The third-order valence-electron chi connectivity index (χ3n) is 3.10. The van der Waals surface area contributed by atoms with E-state index in [0.29, 0.717) is 0 Å². The Hall–Kier alpha value is -1.84. The van der Waals surface area contributed by atoms with E-state index in [1.54, 1.807) is 0 Å². The second kappa shape index (κ2) is 3.33. The number of aromatic nitrogens is 3. The van der Waals surface area contributed by atoms with Crippen molar-refractivity contribution in [1.29, 1.82) is 0 Å². The van der Waals surface area contributed by atoms with Crippen LogP contribution in [-0.4, -0.2) is 14.8 Å². The predicted octanol–water partition coefficient (Wildman–Crippen LogP) is 1.78. The van der Waals surface area contributed by atoms with Gasteiger partial charge in [0.15, 0.2) is 5.82 Å². The largest absolute Gasteiger partial charge is 0.399 e. The van der Waals surface area contributed by atoms with E-state index in [9.17, 15) is 0 Å². The van der Waals surface area contributed by atoms with E-state index in [1.807, 2.05) is 18.2 Å². The molecule has 2 heterocycles. The molecular formula is C12H14N4. The first-order valence-electron chi connectivity index (χ1n) is 5.54. The van der Waals surface area contributed by atoms with Gasteiger partial charge in [-0.1, -0.05) is 0 Å². The number of nitrogen functional groups attached to an aromatic ring is 1. The first kappa shape index (κ1) is 9.39. The Morgan fingerprint density at radius 2 is 2.19 bits per heavy atom. The van der Waals surface area contributed by atoms with Gasteiger partial charge in [0.2, 0.25) is 0 Å². The minimum Gasteiger partial charge on any atom is -0.399 e. The van der Waals surface area contributed by atoms with E-state index in [0.717, 1.165) is 41.4 Å². The van der Waals surface area contributed by atoms with Crippen molar-refractivity contribution in [2.75, 3.05) is 5.73 Å². The van der Waals surface area contributed by atoms with Crippen LogP contribution in [0.2, 0.25) is 0 Å². The molecule has 0 saturated carbocycles. The molecule has 4 nitrogen and oxygen atoms in total. The molecule has 0 unspecified atom stereocenters. The summed E-state index contributed by atoms with van der Waals surface area (Å²) in [7, 11) is 0. The van der Waals surface area contributed by atoms with Crippen LogP contribution in [0.25, 0.3) is 11.4 Å². The number of anilines is 1. The van der Waals surface area contributed by atoms with Crippen LogP contribution in [0, 0.1) is 6.92 Å². The highest BCUT2D eigenvalue weighted by Crippen LogP contribution is 2.26. The lowest BCUT2D eigenvalue weighted by atomic mass is 10.1. The van der Waals surface area contributed by atoms with E-state index in [2.05, 4.69) is 21.7 Å². The molecule has 1 aromatic heterocycles. The van der Waals surface area contributed by atoms with Crippen molar-refractivity contribution in [3.63, 3.8) is 0 Å². The lowest BCUT2D eigenvalue weighted by Gasteiger charge is -2.06. The highest BCUT2D eigenvalue weighted by atomic mass is 15.3. The molecule has 0 bridgehead atoms. The van der Waals surface area contributed by atoms with Crippen molar-refractivity contribution in [1.82, 2.24) is 14.8 Å². The summed E-state index contributed by atoms with van der Waals surface area (Å²) in [5.74, 6) is 2.08. The molecule has 1 aliphatic heterocycles. The van der Waals surface area contributed by atoms with Crippen LogP contribution in [0.1, 0.15) is 17.8 Å². The SMILES string of the molecule is Cc1cc(N)ccc1-c1nnc2n1CCC2. The average molecular weight is 214 g/mol. The summed E-state index contributed by atoms with van der Waals surface area (Å²) in [4.78, 5) is 0. The van der Waals surface area contributed by atoms with Gasteiger partial charge in [0.25, 0.3) is 0 Å². The van der Waals surface area contributed by atoms with Crippen molar-refractivity contribution < 1.29 is 0 Å². The molecule has 0 saturated heterocycles. The average Bonchev–Trinajstić information content (AvgIpc) is 2.80. The van der Waals surface area contributed by atoms with Gasteiger partial charge in [0.05, 0.1) is 0 Å². The van der Waals surface area contributed by atoms with Gasteiger partial charge in [0.1, 0.15) is 5.82 Å². The van der Waals surface area contributed by atoms with E-state index in [1.165, 1.54) is 6.42 Å². The quantitative estimate of drug-likeness (QED) is 0.736. The number of hydrogen-bond acceptors (Lipinski definition) is 3. The normalized spacial score (nSPS) is 14.1. The van der Waals surface area contributed by atoms with Crippen LogP contribution in [0.5, 0.6) is 0 Å². The fraction of sp³-hybridized carbons (Fsp3) is 0.333. The van der Waals surface area contributed by atoms with Gasteiger partial charge in [-0.05, 0) is 37.1 Å². The zero-order chi connectivity index (χ0) is 11.1. The van der Waals surface area contributed by atoms with Gasteiger partial charge in [-0.25, -0.2) is 0 Å². The Kier molecular flexibility index (Phi) is 1.96. The molecule has 0 aliphatic carbocycles.